The second-order valence-electron chi connectivity index (χ2n) is 9.61. The van der Waals surface area contributed by atoms with Crippen LogP contribution in [0.1, 0.15) is 54.4 Å². The molecule has 1 amide bonds. The van der Waals surface area contributed by atoms with Crippen LogP contribution in [0.3, 0.4) is 0 Å². The van der Waals surface area contributed by atoms with Crippen molar-refractivity contribution in [2.24, 2.45) is 5.73 Å². The van der Waals surface area contributed by atoms with Gasteiger partial charge in [-0.15, -0.1) is 0 Å². The fraction of sp³-hybridized carbons (Fsp3) is 0.560. The first-order valence-corrected chi connectivity index (χ1v) is 12.4. The van der Waals surface area contributed by atoms with Gasteiger partial charge in [0.15, 0.2) is 0 Å². The third-order valence-corrected chi connectivity index (χ3v) is 6.84. The number of rotatable bonds is 7. The van der Waals surface area contributed by atoms with E-state index in [1.54, 1.807) is 18.2 Å². The minimum atomic E-state index is -4.69. The van der Waals surface area contributed by atoms with Gasteiger partial charge < -0.3 is 30.7 Å². The van der Waals surface area contributed by atoms with Crippen LogP contribution in [0.4, 0.5) is 24.8 Å². The van der Waals surface area contributed by atoms with Crippen molar-refractivity contribution >= 4 is 17.5 Å². The number of hydrogen-bond donors (Lipinski definition) is 3. The summed E-state index contributed by atoms with van der Waals surface area (Å²) in [5.41, 5.74) is 5.80. The molecule has 1 unspecified atom stereocenters. The van der Waals surface area contributed by atoms with Crippen LogP contribution in [-0.4, -0.2) is 66.2 Å². The summed E-state index contributed by atoms with van der Waals surface area (Å²) in [5.74, 6) is -0.573. The monoisotopic (exact) mass is 522 g/mol. The molecule has 1 saturated heterocycles. The topological polar surface area (TPSA) is 115 Å². The third-order valence-electron chi connectivity index (χ3n) is 6.84. The number of hydrogen-bond acceptors (Lipinski definition) is 8. The summed E-state index contributed by atoms with van der Waals surface area (Å²) in [6.45, 7) is 1.84. The number of alkyl halides is 3. The smallest absolute Gasteiger partial charge is 0.423 e. The number of piperidine rings is 1. The number of nitrogens with one attached hydrogen (secondary N) is 2. The summed E-state index contributed by atoms with van der Waals surface area (Å²) in [5, 5.41) is 5.93. The summed E-state index contributed by atoms with van der Waals surface area (Å²) >= 11 is 0. The van der Waals surface area contributed by atoms with E-state index in [1.165, 1.54) is 7.11 Å². The normalized spacial score (nSPS) is 21.4. The van der Waals surface area contributed by atoms with Gasteiger partial charge in [0.2, 0.25) is 11.8 Å². The molecule has 1 aromatic carbocycles. The van der Waals surface area contributed by atoms with Crippen molar-refractivity contribution in [3.05, 3.63) is 35.5 Å². The highest BCUT2D eigenvalue weighted by molar-refractivity contribution is 5.95. The Hall–Kier alpha value is -3.12. The van der Waals surface area contributed by atoms with Crippen LogP contribution in [0.25, 0.3) is 0 Å². The molecule has 2 atom stereocenters. The van der Waals surface area contributed by atoms with Crippen LogP contribution in [0.2, 0.25) is 0 Å². The number of benzene rings is 1. The molecule has 2 aliphatic rings. The van der Waals surface area contributed by atoms with Crippen molar-refractivity contribution < 1.29 is 27.4 Å². The van der Waals surface area contributed by atoms with Crippen molar-refractivity contribution in [3.8, 4) is 11.6 Å². The van der Waals surface area contributed by atoms with Gasteiger partial charge in [-0.2, -0.15) is 18.2 Å². The van der Waals surface area contributed by atoms with Crippen molar-refractivity contribution in [2.45, 2.75) is 62.9 Å². The number of carbonyl (C=O) groups excluding carboxylic acids is 1. The molecule has 0 radical (unpaired) electrons. The second kappa shape index (κ2) is 11.5. The van der Waals surface area contributed by atoms with E-state index in [0.717, 1.165) is 38.8 Å². The highest BCUT2D eigenvalue weighted by Gasteiger charge is 2.38. The third kappa shape index (κ3) is 6.80. The summed E-state index contributed by atoms with van der Waals surface area (Å²) in [7, 11) is 3.49. The van der Waals surface area contributed by atoms with E-state index in [-0.39, 0.29) is 23.9 Å². The molecule has 0 spiro atoms. The first kappa shape index (κ1) is 26.9. The number of anilines is 2. The Labute approximate surface area is 213 Å². The van der Waals surface area contributed by atoms with Crippen LogP contribution in [0.15, 0.2) is 24.4 Å². The first-order chi connectivity index (χ1) is 17.6. The van der Waals surface area contributed by atoms with Crippen molar-refractivity contribution in [1.82, 2.24) is 20.2 Å². The Morgan fingerprint density at radius 1 is 1.16 bits per heavy atom. The maximum absolute atomic E-state index is 13.6. The molecule has 12 heteroatoms. The SMILES string of the molecule is COc1cc(C(=O)NC2CCN(C)CC2)ccc1Nc1ncc(C(F)(F)F)c(OC2CCCC[C@H]2N)n1. The molecule has 2 aromatic rings. The van der Waals surface area contributed by atoms with E-state index >= 15 is 0 Å². The van der Waals surface area contributed by atoms with Crippen molar-refractivity contribution in [1.29, 1.82) is 0 Å². The van der Waals surface area contributed by atoms with Gasteiger partial charge in [-0.3, -0.25) is 4.79 Å². The van der Waals surface area contributed by atoms with Gasteiger partial charge in [-0.05, 0) is 70.4 Å². The fourth-order valence-corrected chi connectivity index (χ4v) is 4.60. The van der Waals surface area contributed by atoms with Gasteiger partial charge in [0.05, 0.1) is 12.8 Å². The number of methoxy groups -OCH3 is 1. The molecule has 4 N–H and O–H groups in total. The molecule has 202 valence electrons. The van der Waals surface area contributed by atoms with Crippen LogP contribution >= 0.6 is 0 Å². The van der Waals surface area contributed by atoms with Crippen LogP contribution < -0.4 is 25.8 Å². The lowest BCUT2D eigenvalue weighted by Gasteiger charge is -2.29. The van der Waals surface area contributed by atoms with E-state index in [4.69, 9.17) is 15.2 Å². The number of nitrogens with two attached hydrogens (primary N) is 1. The van der Waals surface area contributed by atoms with Crippen LogP contribution in [0, 0.1) is 0 Å². The van der Waals surface area contributed by atoms with Gasteiger partial charge in [0.1, 0.15) is 17.4 Å². The van der Waals surface area contributed by atoms with Crippen LogP contribution in [0.5, 0.6) is 11.6 Å². The molecule has 2 heterocycles. The Morgan fingerprint density at radius 3 is 2.57 bits per heavy atom. The minimum absolute atomic E-state index is 0.101. The fourth-order valence-electron chi connectivity index (χ4n) is 4.60. The number of amides is 1. The zero-order chi connectivity index (χ0) is 26.6. The lowest BCUT2D eigenvalue weighted by Crippen LogP contribution is -2.43. The predicted molar refractivity (Wildman–Crippen MR) is 132 cm³/mol. The van der Waals surface area contributed by atoms with Gasteiger partial charge in [-0.1, -0.05) is 6.42 Å². The molecule has 37 heavy (non-hydrogen) atoms. The second-order valence-corrected chi connectivity index (χ2v) is 9.61. The molecule has 9 nitrogen and oxygen atoms in total. The zero-order valence-electron chi connectivity index (χ0n) is 21.0. The molecule has 0 bridgehead atoms. The summed E-state index contributed by atoms with van der Waals surface area (Å²) in [6.07, 6.45) is 0.162. The molecule has 2 fully saturated rings. The van der Waals surface area contributed by atoms with Gasteiger partial charge in [0.25, 0.3) is 5.91 Å². The largest absolute Gasteiger partial charge is 0.495 e. The average molecular weight is 523 g/mol. The Bertz CT molecular complexity index is 1090. The lowest BCUT2D eigenvalue weighted by atomic mass is 9.93. The predicted octanol–water partition coefficient (Wildman–Crippen LogP) is 3.72. The van der Waals surface area contributed by atoms with E-state index in [0.29, 0.717) is 36.0 Å². The summed E-state index contributed by atoms with van der Waals surface area (Å²) in [4.78, 5) is 22.8. The van der Waals surface area contributed by atoms with E-state index in [9.17, 15) is 18.0 Å². The molecule has 1 aromatic heterocycles. The molecule has 4 rings (SSSR count). The Balaban J connectivity index is 1.51. The number of halogens is 3. The number of ether oxygens (including phenoxy) is 2. The Kier molecular flexibility index (Phi) is 8.38. The average Bonchev–Trinajstić information content (AvgIpc) is 2.86. The van der Waals surface area contributed by atoms with Gasteiger partial charge in [-0.25, -0.2) is 4.98 Å². The Morgan fingerprint density at radius 2 is 1.89 bits per heavy atom. The maximum atomic E-state index is 13.6. The van der Waals surface area contributed by atoms with Crippen molar-refractivity contribution in [3.63, 3.8) is 0 Å². The lowest BCUT2D eigenvalue weighted by molar-refractivity contribution is -0.140. The minimum Gasteiger partial charge on any atom is -0.495 e. The summed E-state index contributed by atoms with van der Waals surface area (Å²) < 4.78 is 51.9. The van der Waals surface area contributed by atoms with Crippen LogP contribution in [-0.2, 0) is 6.18 Å². The van der Waals surface area contributed by atoms with E-state index < -0.39 is 23.7 Å². The van der Waals surface area contributed by atoms with E-state index in [1.807, 2.05) is 0 Å². The quantitative estimate of drug-likeness (QED) is 0.504. The number of aromatic nitrogens is 2. The molecule has 1 aliphatic carbocycles. The molecular weight excluding hydrogens is 489 g/mol. The highest BCUT2D eigenvalue weighted by atomic mass is 19.4. The number of carbonyl (C=O) groups is 1. The number of likely N-dealkylation sites (tertiary alicyclic amines) is 1. The van der Waals surface area contributed by atoms with Crippen molar-refractivity contribution in [2.75, 3.05) is 32.6 Å². The molecule has 1 saturated carbocycles. The molecule has 1 aliphatic heterocycles. The number of nitrogens with zero attached hydrogens (tertiary/aromatic N) is 3. The zero-order valence-corrected chi connectivity index (χ0v) is 21.0. The molecular formula is C25H33F3N6O3. The summed E-state index contributed by atoms with van der Waals surface area (Å²) in [6, 6.07) is 4.51. The van der Waals surface area contributed by atoms with Gasteiger partial charge >= 0.3 is 6.18 Å². The maximum Gasteiger partial charge on any atom is 0.423 e. The van der Waals surface area contributed by atoms with Gasteiger partial charge in [0, 0.05) is 23.8 Å². The first-order valence-electron chi connectivity index (χ1n) is 12.4. The standard InChI is InChI=1S/C25H33F3N6O3/c1-34-11-9-16(10-12-34)31-22(35)15-7-8-19(21(13-15)36-2)32-24-30-14-17(25(26,27)28)23(33-24)37-20-6-4-3-5-18(20)29/h7-8,13-14,16,18,20H,3-6,9-12,29H2,1-2H3,(H,31,35)(H,30,32,33)/t18-,20?/m1/s1. The van der Waals surface area contributed by atoms with E-state index in [2.05, 4.69) is 32.5 Å². The highest BCUT2D eigenvalue weighted by Crippen LogP contribution is 2.37.